The number of nitrogens with one attached hydrogen (secondary N) is 1. The van der Waals surface area contributed by atoms with E-state index in [1.54, 1.807) is 10.7 Å². The van der Waals surface area contributed by atoms with Crippen molar-refractivity contribution in [3.63, 3.8) is 0 Å². The van der Waals surface area contributed by atoms with Crippen LogP contribution in [0.1, 0.15) is 40.3 Å². The molecule has 6 heteroatoms. The minimum Gasteiger partial charge on any atom is -0.344 e. The molecule has 0 unspecified atom stereocenters. The lowest BCUT2D eigenvalue weighted by Gasteiger charge is -2.12. The fourth-order valence-electron chi connectivity index (χ4n) is 2.89. The molecule has 0 bridgehead atoms. The van der Waals surface area contributed by atoms with Crippen LogP contribution in [-0.2, 0) is 20.0 Å². The molecular weight excluding hydrogens is 314 g/mol. The van der Waals surface area contributed by atoms with Crippen LogP contribution < -0.4 is 5.32 Å². The maximum Gasteiger partial charge on any atom is 0.272 e. The van der Waals surface area contributed by atoms with Crippen molar-refractivity contribution < 1.29 is 4.79 Å². The second-order valence-corrected chi connectivity index (χ2v) is 6.24. The zero-order valence-corrected chi connectivity index (χ0v) is 14.8. The number of hydrogen-bond donors (Lipinski definition) is 1. The first-order chi connectivity index (χ1) is 12.0. The quantitative estimate of drug-likeness (QED) is 0.752. The standard InChI is InChI=1S/C19H23N5O/c1-14(17-13-23(3)21-15(17)2)20-19(25)18-10-12-24(22-18)11-9-16-7-5-4-6-8-16/h4-8,10,12-14H,9,11H2,1-3H3,(H,20,25)/t14-/m0/s1. The van der Waals surface area contributed by atoms with Crippen LogP contribution in [-0.4, -0.2) is 25.5 Å². The fraction of sp³-hybridized carbons (Fsp3) is 0.316. The molecule has 0 radical (unpaired) electrons. The molecule has 1 aromatic carbocycles. The number of nitrogens with zero attached hydrogens (tertiary/aromatic N) is 4. The lowest BCUT2D eigenvalue weighted by Crippen LogP contribution is -2.27. The van der Waals surface area contributed by atoms with Crippen molar-refractivity contribution in [3.8, 4) is 0 Å². The summed E-state index contributed by atoms with van der Waals surface area (Å²) in [6.07, 6.45) is 4.66. The molecule has 3 aromatic rings. The van der Waals surface area contributed by atoms with Gasteiger partial charge in [0, 0.05) is 31.5 Å². The van der Waals surface area contributed by atoms with E-state index in [9.17, 15) is 4.79 Å². The highest BCUT2D eigenvalue weighted by Gasteiger charge is 2.17. The van der Waals surface area contributed by atoms with Crippen LogP contribution in [0.15, 0.2) is 48.8 Å². The fourth-order valence-corrected chi connectivity index (χ4v) is 2.89. The molecule has 0 saturated carbocycles. The molecule has 2 aromatic heterocycles. The van der Waals surface area contributed by atoms with Crippen LogP contribution in [0.4, 0.5) is 0 Å². The number of benzene rings is 1. The van der Waals surface area contributed by atoms with E-state index in [0.717, 1.165) is 24.2 Å². The number of aryl methyl sites for hydroxylation is 4. The third kappa shape index (κ3) is 4.15. The van der Waals surface area contributed by atoms with Crippen molar-refractivity contribution in [3.05, 3.63) is 71.3 Å². The predicted molar refractivity (Wildman–Crippen MR) is 96.2 cm³/mol. The summed E-state index contributed by atoms with van der Waals surface area (Å²) in [5.74, 6) is -0.172. The average Bonchev–Trinajstić information content (AvgIpc) is 3.20. The molecule has 0 fully saturated rings. The summed E-state index contributed by atoms with van der Waals surface area (Å²) < 4.78 is 3.56. The largest absolute Gasteiger partial charge is 0.344 e. The maximum atomic E-state index is 12.4. The number of rotatable bonds is 6. The Morgan fingerprint density at radius 3 is 2.64 bits per heavy atom. The summed E-state index contributed by atoms with van der Waals surface area (Å²) >= 11 is 0. The van der Waals surface area contributed by atoms with E-state index in [-0.39, 0.29) is 11.9 Å². The summed E-state index contributed by atoms with van der Waals surface area (Å²) in [6, 6.07) is 11.9. The van der Waals surface area contributed by atoms with Crippen molar-refractivity contribution in [1.82, 2.24) is 24.9 Å². The van der Waals surface area contributed by atoms with Gasteiger partial charge in [0.25, 0.3) is 5.91 Å². The van der Waals surface area contributed by atoms with E-state index in [1.165, 1.54) is 5.56 Å². The Bertz CT molecular complexity index is 850. The molecule has 0 spiro atoms. The minimum atomic E-state index is -0.172. The van der Waals surface area contributed by atoms with Gasteiger partial charge in [-0.05, 0) is 31.9 Å². The number of carbonyl (C=O) groups excluding carboxylic acids is 1. The molecule has 0 aliphatic rings. The van der Waals surface area contributed by atoms with E-state index < -0.39 is 0 Å². The number of amides is 1. The van der Waals surface area contributed by atoms with Crippen molar-refractivity contribution in [2.24, 2.45) is 7.05 Å². The van der Waals surface area contributed by atoms with Crippen LogP contribution in [0.25, 0.3) is 0 Å². The van der Waals surface area contributed by atoms with E-state index in [2.05, 4.69) is 27.6 Å². The molecular formula is C19H23N5O. The zero-order valence-electron chi connectivity index (χ0n) is 14.8. The SMILES string of the molecule is Cc1nn(C)cc1[C@H](C)NC(=O)c1ccn(CCc2ccccc2)n1. The number of aromatic nitrogens is 4. The minimum absolute atomic E-state index is 0.115. The highest BCUT2D eigenvalue weighted by molar-refractivity contribution is 5.92. The van der Waals surface area contributed by atoms with Gasteiger partial charge >= 0.3 is 0 Å². The Morgan fingerprint density at radius 2 is 1.96 bits per heavy atom. The third-order valence-electron chi connectivity index (χ3n) is 4.21. The summed E-state index contributed by atoms with van der Waals surface area (Å²) in [5.41, 5.74) is 3.62. The van der Waals surface area contributed by atoms with E-state index in [0.29, 0.717) is 5.69 Å². The van der Waals surface area contributed by atoms with Crippen LogP contribution in [0.5, 0.6) is 0 Å². The molecule has 6 nitrogen and oxygen atoms in total. The Kier molecular flexibility index (Phi) is 4.97. The summed E-state index contributed by atoms with van der Waals surface area (Å²) in [5, 5.41) is 11.7. The summed E-state index contributed by atoms with van der Waals surface area (Å²) in [7, 11) is 1.87. The molecule has 0 saturated heterocycles. The third-order valence-corrected chi connectivity index (χ3v) is 4.21. The van der Waals surface area contributed by atoms with E-state index in [4.69, 9.17) is 0 Å². The monoisotopic (exact) mass is 337 g/mol. The molecule has 3 rings (SSSR count). The molecule has 1 amide bonds. The molecule has 0 aliphatic heterocycles. The normalized spacial score (nSPS) is 12.1. The molecule has 2 heterocycles. The van der Waals surface area contributed by atoms with E-state index >= 15 is 0 Å². The Hall–Kier alpha value is -2.89. The maximum absolute atomic E-state index is 12.4. The van der Waals surface area contributed by atoms with Gasteiger partial charge in [-0.25, -0.2) is 0 Å². The first-order valence-corrected chi connectivity index (χ1v) is 8.41. The van der Waals surface area contributed by atoms with Gasteiger partial charge in [-0.2, -0.15) is 10.2 Å². The zero-order chi connectivity index (χ0) is 17.8. The van der Waals surface area contributed by atoms with Crippen molar-refractivity contribution >= 4 is 5.91 Å². The molecule has 25 heavy (non-hydrogen) atoms. The summed E-state index contributed by atoms with van der Waals surface area (Å²) in [6.45, 7) is 4.64. The van der Waals surface area contributed by atoms with Gasteiger partial charge in [0.1, 0.15) is 5.69 Å². The van der Waals surface area contributed by atoms with Crippen LogP contribution in [0.3, 0.4) is 0 Å². The summed E-state index contributed by atoms with van der Waals surface area (Å²) in [4.78, 5) is 12.4. The second kappa shape index (κ2) is 7.34. The number of hydrogen-bond acceptors (Lipinski definition) is 3. The number of carbonyl (C=O) groups is 1. The van der Waals surface area contributed by atoms with Gasteiger partial charge in [0.2, 0.25) is 0 Å². The van der Waals surface area contributed by atoms with Crippen LogP contribution in [0, 0.1) is 6.92 Å². The average molecular weight is 337 g/mol. The molecule has 1 N–H and O–H groups in total. The van der Waals surface area contributed by atoms with Gasteiger partial charge in [-0.3, -0.25) is 14.2 Å². The second-order valence-electron chi connectivity index (χ2n) is 6.24. The van der Waals surface area contributed by atoms with Gasteiger partial charge in [-0.1, -0.05) is 30.3 Å². The van der Waals surface area contributed by atoms with Gasteiger partial charge in [0.05, 0.1) is 11.7 Å². The van der Waals surface area contributed by atoms with Crippen molar-refractivity contribution in [2.45, 2.75) is 32.9 Å². The first-order valence-electron chi connectivity index (χ1n) is 8.41. The highest BCUT2D eigenvalue weighted by Crippen LogP contribution is 2.16. The van der Waals surface area contributed by atoms with Gasteiger partial charge in [0.15, 0.2) is 0 Å². The Labute approximate surface area is 147 Å². The molecule has 1 atom stereocenters. The molecule has 130 valence electrons. The lowest BCUT2D eigenvalue weighted by molar-refractivity contribution is 0.0934. The Morgan fingerprint density at radius 1 is 1.20 bits per heavy atom. The Balaban J connectivity index is 1.59. The van der Waals surface area contributed by atoms with Gasteiger partial charge in [-0.15, -0.1) is 0 Å². The van der Waals surface area contributed by atoms with Gasteiger partial charge < -0.3 is 5.32 Å². The van der Waals surface area contributed by atoms with Crippen molar-refractivity contribution in [2.75, 3.05) is 0 Å². The lowest BCUT2D eigenvalue weighted by atomic mass is 10.1. The molecule has 0 aliphatic carbocycles. The highest BCUT2D eigenvalue weighted by atomic mass is 16.2. The topological polar surface area (TPSA) is 64.7 Å². The first kappa shape index (κ1) is 17.0. The van der Waals surface area contributed by atoms with Crippen LogP contribution in [0.2, 0.25) is 0 Å². The van der Waals surface area contributed by atoms with Crippen molar-refractivity contribution in [1.29, 1.82) is 0 Å². The smallest absolute Gasteiger partial charge is 0.272 e. The van der Waals surface area contributed by atoms with Crippen LogP contribution >= 0.6 is 0 Å². The predicted octanol–water partition coefficient (Wildman–Crippen LogP) is 2.66. The van der Waals surface area contributed by atoms with E-state index in [1.807, 2.05) is 56.2 Å².